The molecular formula is C15H17F2N3O4. The zero-order valence-electron chi connectivity index (χ0n) is 13.6. The molecule has 1 amide bonds. The Labute approximate surface area is 137 Å². The number of hydrogen-bond donors (Lipinski definition) is 1. The Hall–Kier alpha value is -2.58. The molecule has 2 rings (SSSR count). The molecule has 0 spiro atoms. The molecule has 24 heavy (non-hydrogen) atoms. The molecule has 1 unspecified atom stereocenters. The van der Waals surface area contributed by atoms with E-state index < -0.39 is 18.1 Å². The van der Waals surface area contributed by atoms with E-state index in [1.54, 1.807) is 6.92 Å². The number of pyridine rings is 1. The number of nitrogens with zero attached hydrogens (tertiary/aromatic N) is 2. The molecule has 9 heteroatoms. The third kappa shape index (κ3) is 3.19. The predicted molar refractivity (Wildman–Crippen MR) is 80.1 cm³/mol. The summed E-state index contributed by atoms with van der Waals surface area (Å²) in [6, 6.07) is 1.07. The first-order valence-electron chi connectivity index (χ1n) is 7.14. The number of halogens is 2. The van der Waals surface area contributed by atoms with Crippen LogP contribution in [-0.4, -0.2) is 42.0 Å². The highest BCUT2D eigenvalue weighted by molar-refractivity contribution is 6.17. The topological polar surface area (TPSA) is 89.9 Å². The Morgan fingerprint density at radius 2 is 2.04 bits per heavy atom. The maximum atomic E-state index is 12.3. The van der Waals surface area contributed by atoms with Gasteiger partial charge in [-0.05, 0) is 18.9 Å². The van der Waals surface area contributed by atoms with Crippen LogP contribution in [-0.2, 0) is 9.53 Å². The smallest absolute Gasteiger partial charge is 0.387 e. The molecule has 0 aromatic carbocycles. The third-order valence-electron chi connectivity index (χ3n) is 3.88. The molecule has 130 valence electrons. The zero-order chi connectivity index (χ0) is 18.1. The minimum Gasteiger partial charge on any atom is -0.465 e. The van der Waals surface area contributed by atoms with Crippen molar-refractivity contribution in [3.63, 3.8) is 0 Å². The van der Waals surface area contributed by atoms with Crippen LogP contribution < -0.4 is 10.1 Å². The lowest BCUT2D eigenvalue weighted by atomic mass is 9.89. The number of hydrogen-bond acceptors (Lipinski definition) is 6. The van der Waals surface area contributed by atoms with Crippen molar-refractivity contribution >= 4 is 17.7 Å². The lowest BCUT2D eigenvalue weighted by Crippen LogP contribution is -2.41. The zero-order valence-corrected chi connectivity index (χ0v) is 13.6. The van der Waals surface area contributed by atoms with Crippen LogP contribution in [0.1, 0.15) is 36.8 Å². The van der Waals surface area contributed by atoms with Crippen molar-refractivity contribution in [2.75, 3.05) is 7.11 Å². The van der Waals surface area contributed by atoms with Crippen LogP contribution >= 0.6 is 0 Å². The summed E-state index contributed by atoms with van der Waals surface area (Å²) in [5.74, 6) is -1.46. The van der Waals surface area contributed by atoms with E-state index in [-0.39, 0.29) is 34.7 Å². The number of esters is 1. The number of ether oxygens (including phenoxy) is 2. The van der Waals surface area contributed by atoms with Gasteiger partial charge in [0, 0.05) is 0 Å². The van der Waals surface area contributed by atoms with Crippen molar-refractivity contribution in [1.82, 2.24) is 10.3 Å². The van der Waals surface area contributed by atoms with Gasteiger partial charge in [0.15, 0.2) is 5.84 Å². The van der Waals surface area contributed by atoms with Gasteiger partial charge in [-0.2, -0.15) is 8.78 Å². The van der Waals surface area contributed by atoms with Gasteiger partial charge in [0.2, 0.25) is 0 Å². The molecule has 1 N–H and O–H groups in total. The van der Waals surface area contributed by atoms with Crippen LogP contribution in [0.25, 0.3) is 0 Å². The first-order chi connectivity index (χ1) is 11.2. The summed E-state index contributed by atoms with van der Waals surface area (Å²) in [4.78, 5) is 32.4. The van der Waals surface area contributed by atoms with E-state index in [0.717, 1.165) is 19.4 Å². The fourth-order valence-electron chi connectivity index (χ4n) is 2.12. The molecule has 0 bridgehead atoms. The molecule has 0 aliphatic carbocycles. The molecule has 0 saturated carbocycles. The normalized spacial score (nSPS) is 20.2. The number of amidine groups is 1. The Bertz CT molecular complexity index is 706. The lowest BCUT2D eigenvalue weighted by Gasteiger charge is -2.21. The summed E-state index contributed by atoms with van der Waals surface area (Å²) >= 11 is 0. The van der Waals surface area contributed by atoms with Crippen molar-refractivity contribution in [1.29, 1.82) is 0 Å². The third-order valence-corrected chi connectivity index (χ3v) is 3.88. The highest BCUT2D eigenvalue weighted by atomic mass is 19.3. The summed E-state index contributed by atoms with van der Waals surface area (Å²) in [6.07, 6.45) is 1.02. The Morgan fingerprint density at radius 1 is 1.38 bits per heavy atom. The van der Waals surface area contributed by atoms with Gasteiger partial charge in [0.25, 0.3) is 5.91 Å². The first-order valence-corrected chi connectivity index (χ1v) is 7.14. The van der Waals surface area contributed by atoms with Crippen molar-refractivity contribution in [2.24, 2.45) is 10.9 Å². The maximum Gasteiger partial charge on any atom is 0.387 e. The minimum atomic E-state index is -3.06. The van der Waals surface area contributed by atoms with Crippen LogP contribution in [0.4, 0.5) is 8.78 Å². The molecule has 1 aliphatic rings. The standard InChI is InChI=1S/C15H17F2N3O4/c1-7(2)15(3)13(22)19-11(20-15)10-9(12(21)23-4)5-8(6-18-10)24-14(16)17/h5-7,14H,1-4H3,(H,19,20,22). The van der Waals surface area contributed by atoms with E-state index in [2.05, 4.69) is 24.8 Å². The average Bonchev–Trinajstić information content (AvgIpc) is 2.82. The van der Waals surface area contributed by atoms with Crippen LogP contribution in [0.3, 0.4) is 0 Å². The van der Waals surface area contributed by atoms with E-state index in [9.17, 15) is 18.4 Å². The van der Waals surface area contributed by atoms with Gasteiger partial charge >= 0.3 is 12.6 Å². The number of carbonyl (C=O) groups is 2. The number of aliphatic imine (C=N–C) groups is 1. The fraction of sp³-hybridized carbons (Fsp3) is 0.467. The highest BCUT2D eigenvalue weighted by Gasteiger charge is 2.43. The summed E-state index contributed by atoms with van der Waals surface area (Å²) in [5.41, 5.74) is -1.12. The van der Waals surface area contributed by atoms with E-state index in [0.29, 0.717) is 0 Å². The van der Waals surface area contributed by atoms with Crippen molar-refractivity contribution in [3.05, 3.63) is 23.5 Å². The predicted octanol–water partition coefficient (Wildman–Crippen LogP) is 1.76. The quantitative estimate of drug-likeness (QED) is 0.824. The molecule has 2 heterocycles. The monoisotopic (exact) mass is 341 g/mol. The second-order valence-corrected chi connectivity index (χ2v) is 5.65. The molecule has 1 atom stereocenters. The van der Waals surface area contributed by atoms with E-state index >= 15 is 0 Å². The van der Waals surface area contributed by atoms with Gasteiger partial charge in [-0.15, -0.1) is 0 Å². The van der Waals surface area contributed by atoms with Crippen LogP contribution in [0.5, 0.6) is 5.75 Å². The van der Waals surface area contributed by atoms with Gasteiger partial charge in [-0.1, -0.05) is 13.8 Å². The maximum absolute atomic E-state index is 12.3. The van der Waals surface area contributed by atoms with Gasteiger partial charge in [-0.25, -0.2) is 14.8 Å². The van der Waals surface area contributed by atoms with Crippen LogP contribution in [0.15, 0.2) is 17.3 Å². The molecule has 0 radical (unpaired) electrons. The van der Waals surface area contributed by atoms with Crippen LogP contribution in [0, 0.1) is 5.92 Å². The number of methoxy groups -OCH3 is 1. The second-order valence-electron chi connectivity index (χ2n) is 5.65. The molecular weight excluding hydrogens is 324 g/mol. The second kappa shape index (κ2) is 6.50. The van der Waals surface area contributed by atoms with Gasteiger partial charge in [0.1, 0.15) is 17.0 Å². The minimum absolute atomic E-state index is 0.0289. The number of amides is 1. The highest BCUT2D eigenvalue weighted by Crippen LogP contribution is 2.28. The SMILES string of the molecule is COC(=O)c1cc(OC(F)F)cnc1C1=NC(C)(C(C)C)C(=O)N1. The van der Waals surface area contributed by atoms with Crippen molar-refractivity contribution < 1.29 is 27.8 Å². The van der Waals surface area contributed by atoms with Crippen LogP contribution in [0.2, 0.25) is 0 Å². The average molecular weight is 341 g/mol. The molecule has 1 aromatic heterocycles. The molecule has 1 aromatic rings. The Kier molecular flexibility index (Phi) is 4.81. The van der Waals surface area contributed by atoms with Crippen molar-refractivity contribution in [2.45, 2.75) is 32.9 Å². The molecule has 7 nitrogen and oxygen atoms in total. The van der Waals surface area contributed by atoms with Gasteiger partial charge in [0.05, 0.1) is 18.9 Å². The summed E-state index contributed by atoms with van der Waals surface area (Å²) < 4.78 is 33.5. The molecule has 0 saturated heterocycles. The summed E-state index contributed by atoms with van der Waals surface area (Å²) in [5, 5.41) is 2.57. The summed E-state index contributed by atoms with van der Waals surface area (Å²) in [6.45, 7) is 2.27. The summed E-state index contributed by atoms with van der Waals surface area (Å²) in [7, 11) is 1.14. The van der Waals surface area contributed by atoms with Gasteiger partial charge in [-0.3, -0.25) is 4.79 Å². The molecule has 0 fully saturated rings. The van der Waals surface area contributed by atoms with Gasteiger partial charge < -0.3 is 14.8 Å². The van der Waals surface area contributed by atoms with E-state index in [4.69, 9.17) is 0 Å². The largest absolute Gasteiger partial charge is 0.465 e. The number of nitrogens with one attached hydrogen (secondary N) is 1. The number of rotatable bonds is 5. The fourth-order valence-corrected chi connectivity index (χ4v) is 2.12. The Balaban J connectivity index is 2.50. The van der Waals surface area contributed by atoms with E-state index in [1.165, 1.54) is 0 Å². The van der Waals surface area contributed by atoms with Crippen molar-refractivity contribution in [3.8, 4) is 5.75 Å². The number of aromatic nitrogens is 1. The Morgan fingerprint density at radius 3 is 2.54 bits per heavy atom. The lowest BCUT2D eigenvalue weighted by molar-refractivity contribution is -0.124. The number of carbonyl (C=O) groups excluding carboxylic acids is 2. The molecule has 1 aliphatic heterocycles. The first kappa shape index (κ1) is 17.8. The van der Waals surface area contributed by atoms with E-state index in [1.807, 2.05) is 13.8 Å². The number of alkyl halides is 2.